The molecule has 0 N–H and O–H groups in total. The predicted octanol–water partition coefficient (Wildman–Crippen LogP) is 6.37. The lowest BCUT2D eigenvalue weighted by Gasteiger charge is -2.13. The number of hydrogen-bond donors (Lipinski definition) is 0. The molecular weight excluding hydrogens is 579 g/mol. The molecule has 1 aliphatic rings. The molecule has 3 aromatic rings. The number of rotatable bonds is 6. The van der Waals surface area contributed by atoms with Crippen LogP contribution in [0, 0.1) is 9.39 Å². The lowest BCUT2D eigenvalue weighted by molar-refractivity contribution is -0.114. The van der Waals surface area contributed by atoms with E-state index >= 15 is 0 Å². The molecule has 0 aromatic heterocycles. The largest absolute Gasteiger partial charge is 0.493 e. The lowest BCUT2D eigenvalue weighted by Crippen LogP contribution is -2.25. The fraction of sp³-hybridized carbons (Fsp3) is 0.120. The standard InChI is InChI=1S/C25H17F4IN2O3/c1-34-21-10-7-16(12-22(21)35-14-15-5-8-17(26)9-6-15)11-20-23(25(27,28)29)31-32(24(20)33)19-4-2-3-18(30)13-19/h2-13H,14H2,1H3/b20-11-. The Balaban J connectivity index is 1.67. The predicted molar refractivity (Wildman–Crippen MR) is 132 cm³/mol. The van der Waals surface area contributed by atoms with Crippen LogP contribution in [0.15, 0.2) is 77.4 Å². The highest BCUT2D eigenvalue weighted by atomic mass is 127. The average Bonchev–Trinajstić information content (AvgIpc) is 3.15. The number of carbonyl (C=O) groups is 1. The molecule has 5 nitrogen and oxygen atoms in total. The summed E-state index contributed by atoms with van der Waals surface area (Å²) in [6, 6.07) is 16.6. The summed E-state index contributed by atoms with van der Waals surface area (Å²) in [5.74, 6) is -0.694. The van der Waals surface area contributed by atoms with E-state index in [-0.39, 0.29) is 29.4 Å². The van der Waals surface area contributed by atoms with Crippen molar-refractivity contribution in [2.45, 2.75) is 12.8 Å². The van der Waals surface area contributed by atoms with Crippen LogP contribution in [-0.2, 0) is 11.4 Å². The molecule has 0 aliphatic carbocycles. The second-order valence-corrected chi connectivity index (χ2v) is 8.67. The highest BCUT2D eigenvalue weighted by Crippen LogP contribution is 2.35. The van der Waals surface area contributed by atoms with E-state index < -0.39 is 23.4 Å². The number of benzene rings is 3. The Morgan fingerprint density at radius 3 is 2.43 bits per heavy atom. The lowest BCUT2D eigenvalue weighted by atomic mass is 10.1. The molecule has 0 spiro atoms. The molecule has 1 aliphatic heterocycles. The second kappa shape index (κ2) is 10.1. The molecule has 0 saturated heterocycles. The molecule has 4 rings (SSSR count). The van der Waals surface area contributed by atoms with Gasteiger partial charge in [-0.15, -0.1) is 0 Å². The summed E-state index contributed by atoms with van der Waals surface area (Å²) in [6.07, 6.45) is -3.72. The first-order valence-electron chi connectivity index (χ1n) is 10.2. The van der Waals surface area contributed by atoms with E-state index in [0.29, 0.717) is 11.3 Å². The number of methoxy groups -OCH3 is 1. The van der Waals surface area contributed by atoms with E-state index in [9.17, 15) is 22.4 Å². The molecular formula is C25H17F4IN2O3. The highest BCUT2D eigenvalue weighted by molar-refractivity contribution is 14.1. The van der Waals surface area contributed by atoms with E-state index in [4.69, 9.17) is 9.47 Å². The normalized spacial score (nSPS) is 14.9. The smallest absolute Gasteiger partial charge is 0.435 e. The van der Waals surface area contributed by atoms with Crippen molar-refractivity contribution in [3.8, 4) is 11.5 Å². The number of nitrogens with zero attached hydrogens (tertiary/aromatic N) is 2. The minimum Gasteiger partial charge on any atom is -0.493 e. The Morgan fingerprint density at radius 1 is 1.03 bits per heavy atom. The molecule has 0 fully saturated rings. The third-order valence-electron chi connectivity index (χ3n) is 5.01. The van der Waals surface area contributed by atoms with Crippen LogP contribution in [0.1, 0.15) is 11.1 Å². The van der Waals surface area contributed by atoms with Gasteiger partial charge < -0.3 is 9.47 Å². The Kier molecular flexibility index (Phi) is 7.10. The summed E-state index contributed by atoms with van der Waals surface area (Å²) in [7, 11) is 1.42. The quantitative estimate of drug-likeness (QED) is 0.189. The number of halogens is 5. The van der Waals surface area contributed by atoms with Gasteiger partial charge in [-0.2, -0.15) is 23.3 Å². The third-order valence-corrected chi connectivity index (χ3v) is 5.68. The van der Waals surface area contributed by atoms with Crippen LogP contribution >= 0.6 is 22.6 Å². The van der Waals surface area contributed by atoms with Crippen LogP contribution in [0.4, 0.5) is 23.2 Å². The van der Waals surface area contributed by atoms with Crippen LogP contribution in [0.2, 0.25) is 0 Å². The maximum absolute atomic E-state index is 13.8. The molecule has 10 heteroatoms. The monoisotopic (exact) mass is 596 g/mol. The summed E-state index contributed by atoms with van der Waals surface area (Å²) in [5, 5.41) is 4.33. The zero-order valence-electron chi connectivity index (χ0n) is 18.1. The first-order chi connectivity index (χ1) is 16.7. The van der Waals surface area contributed by atoms with Crippen LogP contribution < -0.4 is 14.5 Å². The van der Waals surface area contributed by atoms with E-state index in [1.54, 1.807) is 30.3 Å². The van der Waals surface area contributed by atoms with Crippen molar-refractivity contribution in [3.63, 3.8) is 0 Å². The summed E-state index contributed by atoms with van der Waals surface area (Å²) < 4.78 is 66.2. The summed E-state index contributed by atoms with van der Waals surface area (Å²) in [6.45, 7) is 0.0747. The SMILES string of the molecule is COc1ccc(/C=C2\C(=O)N(c3cccc(I)c3)N=C2C(F)(F)F)cc1OCc1ccc(F)cc1. The first-order valence-corrected chi connectivity index (χ1v) is 11.3. The number of hydrogen-bond acceptors (Lipinski definition) is 4. The van der Waals surface area contributed by atoms with Crippen molar-refractivity contribution in [2.24, 2.45) is 5.10 Å². The van der Waals surface area contributed by atoms with Gasteiger partial charge in [0.2, 0.25) is 0 Å². The van der Waals surface area contributed by atoms with Gasteiger partial charge in [0.25, 0.3) is 5.91 Å². The summed E-state index contributed by atoms with van der Waals surface area (Å²) in [4.78, 5) is 13.0. The fourth-order valence-electron chi connectivity index (χ4n) is 3.34. The van der Waals surface area contributed by atoms with Gasteiger partial charge in [-0.1, -0.05) is 24.3 Å². The molecule has 1 amide bonds. The number of hydrazone groups is 1. The Morgan fingerprint density at radius 2 is 1.77 bits per heavy atom. The van der Waals surface area contributed by atoms with Gasteiger partial charge >= 0.3 is 6.18 Å². The molecule has 0 radical (unpaired) electrons. The van der Waals surface area contributed by atoms with E-state index in [1.165, 1.54) is 43.5 Å². The number of amides is 1. The van der Waals surface area contributed by atoms with Crippen molar-refractivity contribution < 1.29 is 31.8 Å². The van der Waals surface area contributed by atoms with Crippen LogP contribution in [0.3, 0.4) is 0 Å². The minimum atomic E-state index is -4.84. The molecule has 3 aromatic carbocycles. The van der Waals surface area contributed by atoms with Crippen LogP contribution in [0.5, 0.6) is 11.5 Å². The molecule has 180 valence electrons. The van der Waals surface area contributed by atoms with E-state index in [2.05, 4.69) is 5.10 Å². The number of ether oxygens (including phenoxy) is 2. The Hall–Kier alpha value is -3.41. The molecule has 0 atom stereocenters. The number of alkyl halides is 3. The number of carbonyl (C=O) groups excluding carboxylic acids is 1. The van der Waals surface area contributed by atoms with Crippen LogP contribution in [-0.4, -0.2) is 24.9 Å². The zero-order chi connectivity index (χ0) is 25.2. The van der Waals surface area contributed by atoms with E-state index in [0.717, 1.165) is 14.7 Å². The second-order valence-electron chi connectivity index (χ2n) is 7.43. The van der Waals surface area contributed by atoms with Crippen molar-refractivity contribution in [1.29, 1.82) is 0 Å². The first kappa shape index (κ1) is 24.7. The minimum absolute atomic E-state index is 0.0747. The van der Waals surface area contributed by atoms with Crippen LogP contribution in [0.25, 0.3) is 6.08 Å². The molecule has 0 bridgehead atoms. The van der Waals surface area contributed by atoms with Gasteiger partial charge in [-0.05, 0) is 82.3 Å². The highest BCUT2D eigenvalue weighted by Gasteiger charge is 2.46. The van der Waals surface area contributed by atoms with Gasteiger partial charge in [-0.3, -0.25) is 4.79 Å². The summed E-state index contributed by atoms with van der Waals surface area (Å²) in [5.41, 5.74) is -0.686. The summed E-state index contributed by atoms with van der Waals surface area (Å²) >= 11 is 2.00. The fourth-order valence-corrected chi connectivity index (χ4v) is 3.87. The van der Waals surface area contributed by atoms with Gasteiger partial charge in [0.1, 0.15) is 12.4 Å². The maximum Gasteiger partial charge on any atom is 0.435 e. The molecule has 0 unspecified atom stereocenters. The third kappa shape index (κ3) is 5.64. The Bertz CT molecular complexity index is 1320. The molecule has 1 heterocycles. The van der Waals surface area contributed by atoms with Crippen molar-refractivity contribution in [1.82, 2.24) is 0 Å². The van der Waals surface area contributed by atoms with Gasteiger partial charge in [0.15, 0.2) is 17.2 Å². The molecule has 35 heavy (non-hydrogen) atoms. The number of anilines is 1. The average molecular weight is 596 g/mol. The van der Waals surface area contributed by atoms with Crippen molar-refractivity contribution in [3.05, 3.63) is 92.8 Å². The Labute approximate surface area is 211 Å². The van der Waals surface area contributed by atoms with Gasteiger partial charge in [-0.25, -0.2) is 4.39 Å². The zero-order valence-corrected chi connectivity index (χ0v) is 20.3. The van der Waals surface area contributed by atoms with E-state index in [1.807, 2.05) is 22.6 Å². The van der Waals surface area contributed by atoms with Gasteiger partial charge in [0, 0.05) is 3.57 Å². The molecule has 0 saturated carbocycles. The topological polar surface area (TPSA) is 51.1 Å². The maximum atomic E-state index is 13.8. The van der Waals surface area contributed by atoms with Crippen molar-refractivity contribution in [2.75, 3.05) is 12.1 Å². The van der Waals surface area contributed by atoms with Crippen molar-refractivity contribution >= 4 is 46.0 Å². The van der Waals surface area contributed by atoms with Gasteiger partial charge in [0.05, 0.1) is 18.4 Å².